The summed E-state index contributed by atoms with van der Waals surface area (Å²) in [5.74, 6) is 3.44. The summed E-state index contributed by atoms with van der Waals surface area (Å²) < 4.78 is 79.9. The molecule has 0 fully saturated rings. The molecule has 3 rings (SSSR count). The van der Waals surface area contributed by atoms with Crippen LogP contribution in [-0.4, -0.2) is 136 Å². The molecule has 14 nitrogen and oxygen atoms in total. The van der Waals surface area contributed by atoms with Gasteiger partial charge in [-0.1, -0.05) is 0 Å². The molecule has 0 aliphatic heterocycles. The second-order valence-electron chi connectivity index (χ2n) is 11.1. The van der Waals surface area contributed by atoms with E-state index < -0.39 is 0 Å². The molecule has 0 aliphatic rings. The van der Waals surface area contributed by atoms with Crippen LogP contribution in [0.4, 0.5) is 0 Å². The van der Waals surface area contributed by atoms with Crippen LogP contribution in [0, 0.1) is 0 Å². The molecule has 0 aliphatic carbocycles. The van der Waals surface area contributed by atoms with Gasteiger partial charge in [0.25, 0.3) is 0 Å². The maximum Gasteiger partial charge on any atom is 0.134 e. The topological polar surface area (TPSA) is 129 Å². The van der Waals surface area contributed by atoms with Crippen molar-refractivity contribution in [3.8, 4) is 55.4 Å². The van der Waals surface area contributed by atoms with Crippen molar-refractivity contribution in [2.24, 2.45) is 0 Å². The van der Waals surface area contributed by atoms with Gasteiger partial charge >= 0.3 is 0 Å². The van der Waals surface area contributed by atoms with Gasteiger partial charge in [0.1, 0.15) is 34.5 Å². The number of hydrogen-bond acceptors (Lipinski definition) is 15. The number of thiophene rings is 1. The van der Waals surface area contributed by atoms with Crippen molar-refractivity contribution in [3.05, 3.63) is 35.4 Å². The lowest BCUT2D eigenvalue weighted by Gasteiger charge is -2.17. The molecule has 15 heteroatoms. The van der Waals surface area contributed by atoms with Gasteiger partial charge in [0.2, 0.25) is 0 Å². The predicted molar refractivity (Wildman–Crippen MR) is 201 cm³/mol. The standard InChI is InChI=1S/C38H56O14S/c1-39-9-11-47-13-15-49-17-19-51-25-29-30(26-52-20-18-50-16-14-48-12-10-40-2)38(36-33(45-7)23-28(42-4)24-34(36)46-8)53-37(29)35-31(43-5)21-27(41-3)22-32(35)44-6/h21-24H,9-20,25-26H2,1-8H3. The van der Waals surface area contributed by atoms with Gasteiger partial charge in [-0.15, -0.1) is 11.3 Å². The predicted octanol–water partition coefficient (Wildman–Crippen LogP) is 5.53. The van der Waals surface area contributed by atoms with Gasteiger partial charge in [-0.05, 0) is 0 Å². The first-order valence-corrected chi connectivity index (χ1v) is 18.0. The van der Waals surface area contributed by atoms with E-state index in [9.17, 15) is 0 Å². The SMILES string of the molecule is COCCOCCOCCOCc1c(-c2c(OC)cc(OC)cc2OC)sc(-c2c(OC)cc(OC)cc2OC)c1COCCOCCOCCOC. The Balaban J connectivity index is 2.04. The van der Waals surface area contributed by atoms with Crippen LogP contribution in [0.5, 0.6) is 34.5 Å². The van der Waals surface area contributed by atoms with Crippen molar-refractivity contribution in [1.82, 2.24) is 0 Å². The summed E-state index contributed by atoms with van der Waals surface area (Å²) in [4.78, 5) is 1.71. The van der Waals surface area contributed by atoms with Gasteiger partial charge in [-0.25, -0.2) is 0 Å². The zero-order valence-corrected chi connectivity index (χ0v) is 33.1. The molecule has 0 N–H and O–H groups in total. The highest BCUT2D eigenvalue weighted by Crippen LogP contribution is 2.54. The quantitative estimate of drug-likeness (QED) is 0.0789. The molecule has 298 valence electrons. The molecule has 1 heterocycles. The van der Waals surface area contributed by atoms with Gasteiger partial charge in [0, 0.05) is 59.4 Å². The summed E-state index contributed by atoms with van der Waals surface area (Å²) in [5.41, 5.74) is 3.23. The fourth-order valence-electron chi connectivity index (χ4n) is 5.18. The molecule has 0 amide bonds. The molecule has 0 atom stereocenters. The lowest BCUT2D eigenvalue weighted by Crippen LogP contribution is -2.12. The molecule has 0 bridgehead atoms. The van der Waals surface area contributed by atoms with Crippen LogP contribution in [0.15, 0.2) is 24.3 Å². The van der Waals surface area contributed by atoms with E-state index in [1.54, 1.807) is 56.9 Å². The number of benzene rings is 2. The second-order valence-corrected chi connectivity index (χ2v) is 12.1. The van der Waals surface area contributed by atoms with Crippen LogP contribution in [0.3, 0.4) is 0 Å². The van der Waals surface area contributed by atoms with E-state index in [4.69, 9.17) is 66.3 Å². The highest BCUT2D eigenvalue weighted by Gasteiger charge is 2.29. The van der Waals surface area contributed by atoms with E-state index in [2.05, 4.69) is 0 Å². The maximum absolute atomic E-state index is 6.29. The summed E-state index contributed by atoms with van der Waals surface area (Å²) in [6.45, 7) is 5.84. The molecule has 2 aromatic carbocycles. The minimum Gasteiger partial charge on any atom is -0.496 e. The maximum atomic E-state index is 6.29. The molecule has 1 aromatic heterocycles. The first kappa shape index (κ1) is 44.0. The molecule has 0 saturated carbocycles. The van der Waals surface area contributed by atoms with Crippen LogP contribution >= 0.6 is 11.3 Å². The number of methoxy groups -OCH3 is 8. The Kier molecular flexibility index (Phi) is 21.3. The van der Waals surface area contributed by atoms with E-state index >= 15 is 0 Å². The van der Waals surface area contributed by atoms with Crippen molar-refractivity contribution >= 4 is 11.3 Å². The van der Waals surface area contributed by atoms with Gasteiger partial charge in [-0.2, -0.15) is 0 Å². The van der Waals surface area contributed by atoms with Crippen molar-refractivity contribution in [1.29, 1.82) is 0 Å². The highest BCUT2D eigenvalue weighted by molar-refractivity contribution is 7.19. The monoisotopic (exact) mass is 768 g/mol. The zero-order valence-electron chi connectivity index (χ0n) is 32.3. The minimum absolute atomic E-state index is 0.229. The van der Waals surface area contributed by atoms with Crippen LogP contribution < -0.4 is 28.4 Å². The largest absolute Gasteiger partial charge is 0.496 e. The summed E-state index contributed by atoms with van der Waals surface area (Å²) in [5, 5.41) is 0. The molecular formula is C38H56O14S. The van der Waals surface area contributed by atoms with Crippen LogP contribution in [0.1, 0.15) is 11.1 Å². The van der Waals surface area contributed by atoms with Gasteiger partial charge in [0.05, 0.1) is 146 Å². The molecule has 0 saturated heterocycles. The van der Waals surface area contributed by atoms with Crippen molar-refractivity contribution < 1.29 is 66.3 Å². The van der Waals surface area contributed by atoms with Crippen molar-refractivity contribution in [3.63, 3.8) is 0 Å². The molecule has 3 aromatic rings. The molecule has 0 radical (unpaired) electrons. The lowest BCUT2D eigenvalue weighted by atomic mass is 10.00. The van der Waals surface area contributed by atoms with Crippen molar-refractivity contribution in [2.75, 3.05) is 136 Å². The fourth-order valence-corrected chi connectivity index (χ4v) is 6.60. The third-order valence-electron chi connectivity index (χ3n) is 7.85. The van der Waals surface area contributed by atoms with Crippen LogP contribution in [0.25, 0.3) is 20.9 Å². The highest BCUT2D eigenvalue weighted by atomic mass is 32.1. The number of rotatable bonds is 30. The first-order chi connectivity index (χ1) is 26.0. The Labute approximate surface area is 317 Å². The Hall–Kier alpha value is -3.38. The van der Waals surface area contributed by atoms with E-state index in [1.165, 1.54) is 11.3 Å². The summed E-state index contributed by atoms with van der Waals surface area (Å²) in [7, 11) is 12.9. The van der Waals surface area contributed by atoms with E-state index in [-0.39, 0.29) is 13.2 Å². The Morgan fingerprint density at radius 3 is 0.906 bits per heavy atom. The summed E-state index contributed by atoms with van der Waals surface area (Å²) in [6.07, 6.45) is 0. The molecule has 0 unspecified atom stereocenters. The Morgan fingerprint density at radius 2 is 0.642 bits per heavy atom. The first-order valence-electron chi connectivity index (χ1n) is 17.2. The van der Waals surface area contributed by atoms with Crippen molar-refractivity contribution in [2.45, 2.75) is 13.2 Å². The van der Waals surface area contributed by atoms with Crippen LogP contribution in [0.2, 0.25) is 0 Å². The number of ether oxygens (including phenoxy) is 14. The van der Waals surface area contributed by atoms with E-state index in [0.717, 1.165) is 32.0 Å². The third-order valence-corrected chi connectivity index (χ3v) is 9.15. The average molecular weight is 769 g/mol. The normalized spacial score (nSPS) is 11.2. The zero-order chi connectivity index (χ0) is 38.3. The Morgan fingerprint density at radius 1 is 0.358 bits per heavy atom. The smallest absolute Gasteiger partial charge is 0.134 e. The Bertz CT molecular complexity index is 1310. The second kappa shape index (κ2) is 25.6. The molecule has 0 spiro atoms. The molecule has 53 heavy (non-hydrogen) atoms. The number of hydrogen-bond donors (Lipinski definition) is 0. The van der Waals surface area contributed by atoms with E-state index in [0.29, 0.717) is 114 Å². The minimum atomic E-state index is 0.229. The average Bonchev–Trinajstić information content (AvgIpc) is 3.54. The third kappa shape index (κ3) is 13.5. The van der Waals surface area contributed by atoms with Gasteiger partial charge in [0.15, 0.2) is 0 Å². The van der Waals surface area contributed by atoms with Gasteiger partial charge in [-0.3, -0.25) is 0 Å². The fraction of sp³-hybridized carbons (Fsp3) is 0.579. The summed E-state index contributed by atoms with van der Waals surface area (Å²) in [6, 6.07) is 7.30. The van der Waals surface area contributed by atoms with Crippen LogP contribution in [-0.2, 0) is 51.1 Å². The molecular weight excluding hydrogens is 712 g/mol. The van der Waals surface area contributed by atoms with Gasteiger partial charge < -0.3 is 66.3 Å². The lowest BCUT2D eigenvalue weighted by molar-refractivity contribution is -0.00150. The van der Waals surface area contributed by atoms with E-state index in [1.807, 2.05) is 24.3 Å². The summed E-state index contributed by atoms with van der Waals surface area (Å²) >= 11 is 1.52.